The molecule has 1 N–H and O–H groups in total. The number of halogens is 1. The summed E-state index contributed by atoms with van der Waals surface area (Å²) in [5, 5.41) is 4.06. The fourth-order valence-electron chi connectivity index (χ4n) is 1.60. The van der Waals surface area contributed by atoms with Crippen LogP contribution in [-0.2, 0) is 4.79 Å². The molecule has 3 heteroatoms. The molecule has 0 saturated heterocycles. The highest BCUT2D eigenvalue weighted by atomic mass is 35.5. The zero-order valence-corrected chi connectivity index (χ0v) is 11.6. The first-order valence-electron chi connectivity index (χ1n) is 5.80. The maximum Gasteiger partial charge on any atom is 0.138 e. The summed E-state index contributed by atoms with van der Waals surface area (Å²) in [5.41, 5.74) is 1.03. The summed E-state index contributed by atoms with van der Waals surface area (Å²) in [5.74, 6) is 0.0653. The molecule has 0 heterocycles. The van der Waals surface area contributed by atoms with Crippen LogP contribution < -0.4 is 5.32 Å². The zero-order valence-electron chi connectivity index (χ0n) is 10.9. The molecule has 0 aromatic heterocycles. The number of Topliss-reactive ketones (excluding diaryl/α,β-unsaturated/α-hetero) is 1. The molecule has 1 aromatic carbocycles. The van der Waals surface area contributed by atoms with Crippen LogP contribution in [0.15, 0.2) is 24.3 Å². The quantitative estimate of drug-likeness (QED) is 0.891. The van der Waals surface area contributed by atoms with Crippen LogP contribution in [0.1, 0.15) is 39.2 Å². The molecule has 0 spiro atoms. The van der Waals surface area contributed by atoms with E-state index in [4.69, 9.17) is 11.6 Å². The Labute approximate surface area is 108 Å². The Morgan fingerprint density at radius 2 is 1.82 bits per heavy atom. The first-order chi connectivity index (χ1) is 7.79. The molecule has 0 aliphatic rings. The summed E-state index contributed by atoms with van der Waals surface area (Å²) in [6, 6.07) is 7.48. The zero-order chi connectivity index (χ0) is 13.1. The van der Waals surface area contributed by atoms with Crippen molar-refractivity contribution < 1.29 is 4.79 Å². The number of carbonyl (C=O) groups excluding carboxylic acids is 1. The van der Waals surface area contributed by atoms with Gasteiger partial charge in [0.1, 0.15) is 5.78 Å². The molecule has 0 bridgehead atoms. The Bertz CT molecular complexity index is 378. The predicted molar refractivity (Wildman–Crippen MR) is 72.6 cm³/mol. The predicted octanol–water partition coefficient (Wildman–Crippen LogP) is 3.40. The molecule has 94 valence electrons. The maximum absolute atomic E-state index is 11.7. The number of hydrogen-bond donors (Lipinski definition) is 1. The lowest BCUT2D eigenvalue weighted by Crippen LogP contribution is -2.39. The monoisotopic (exact) mass is 253 g/mol. The Hall–Kier alpha value is -0.860. The van der Waals surface area contributed by atoms with E-state index in [0.717, 1.165) is 5.56 Å². The standard InChI is InChI=1S/C14H20ClNO/c1-10(17)13(9-16-14(2,3)4)11-5-7-12(15)8-6-11/h5-8,13,16H,9H2,1-4H3/t13-/m0/s1. The average Bonchev–Trinajstić information content (AvgIpc) is 2.18. The molecule has 1 rings (SSSR count). The van der Waals surface area contributed by atoms with E-state index in [9.17, 15) is 4.79 Å². The number of carbonyl (C=O) groups is 1. The lowest BCUT2D eigenvalue weighted by Gasteiger charge is -2.24. The smallest absolute Gasteiger partial charge is 0.138 e. The van der Waals surface area contributed by atoms with Crippen molar-refractivity contribution in [3.8, 4) is 0 Å². The van der Waals surface area contributed by atoms with Crippen LogP contribution in [0.3, 0.4) is 0 Å². The molecular formula is C14H20ClNO. The molecule has 1 aromatic rings. The van der Waals surface area contributed by atoms with E-state index in [1.165, 1.54) is 0 Å². The van der Waals surface area contributed by atoms with E-state index in [-0.39, 0.29) is 17.2 Å². The first-order valence-corrected chi connectivity index (χ1v) is 6.18. The minimum Gasteiger partial charge on any atom is -0.311 e. The second-order valence-corrected chi connectivity index (χ2v) is 5.78. The van der Waals surface area contributed by atoms with E-state index < -0.39 is 0 Å². The highest BCUT2D eigenvalue weighted by molar-refractivity contribution is 6.30. The lowest BCUT2D eigenvalue weighted by atomic mass is 9.94. The van der Waals surface area contributed by atoms with Crippen molar-refractivity contribution in [2.75, 3.05) is 6.54 Å². The third-order valence-corrected chi connectivity index (χ3v) is 2.85. The Morgan fingerprint density at radius 3 is 2.24 bits per heavy atom. The van der Waals surface area contributed by atoms with Gasteiger partial charge in [0.2, 0.25) is 0 Å². The van der Waals surface area contributed by atoms with Gasteiger partial charge in [-0.05, 0) is 45.4 Å². The fraction of sp³-hybridized carbons (Fsp3) is 0.500. The van der Waals surface area contributed by atoms with Gasteiger partial charge in [0.25, 0.3) is 0 Å². The van der Waals surface area contributed by atoms with Gasteiger partial charge in [-0.25, -0.2) is 0 Å². The summed E-state index contributed by atoms with van der Waals surface area (Å²) in [4.78, 5) is 11.7. The van der Waals surface area contributed by atoms with Gasteiger partial charge in [-0.2, -0.15) is 0 Å². The minimum absolute atomic E-state index is 0.0140. The van der Waals surface area contributed by atoms with Crippen molar-refractivity contribution in [3.05, 3.63) is 34.9 Å². The SMILES string of the molecule is CC(=O)[C@H](CNC(C)(C)C)c1ccc(Cl)cc1. The van der Waals surface area contributed by atoms with Gasteiger partial charge in [0, 0.05) is 17.1 Å². The summed E-state index contributed by atoms with van der Waals surface area (Å²) in [6.45, 7) is 8.55. The highest BCUT2D eigenvalue weighted by Crippen LogP contribution is 2.19. The van der Waals surface area contributed by atoms with E-state index in [0.29, 0.717) is 11.6 Å². The summed E-state index contributed by atoms with van der Waals surface area (Å²) < 4.78 is 0. The van der Waals surface area contributed by atoms with Gasteiger partial charge in [-0.1, -0.05) is 23.7 Å². The lowest BCUT2D eigenvalue weighted by molar-refractivity contribution is -0.118. The van der Waals surface area contributed by atoms with Crippen molar-refractivity contribution in [2.45, 2.75) is 39.2 Å². The van der Waals surface area contributed by atoms with Gasteiger partial charge in [0.15, 0.2) is 0 Å². The number of nitrogens with one attached hydrogen (secondary N) is 1. The van der Waals surface area contributed by atoms with E-state index >= 15 is 0 Å². The third kappa shape index (κ3) is 4.88. The highest BCUT2D eigenvalue weighted by Gasteiger charge is 2.19. The normalized spacial score (nSPS) is 13.5. The number of ketones is 1. The van der Waals surface area contributed by atoms with Crippen LogP contribution in [-0.4, -0.2) is 17.9 Å². The minimum atomic E-state index is -0.105. The van der Waals surface area contributed by atoms with Gasteiger partial charge >= 0.3 is 0 Å². The largest absolute Gasteiger partial charge is 0.311 e. The molecular weight excluding hydrogens is 234 g/mol. The van der Waals surface area contributed by atoms with Crippen molar-refractivity contribution in [1.29, 1.82) is 0 Å². The third-order valence-electron chi connectivity index (χ3n) is 2.60. The fourth-order valence-corrected chi connectivity index (χ4v) is 1.73. The first kappa shape index (κ1) is 14.2. The molecule has 0 saturated carbocycles. The van der Waals surface area contributed by atoms with Crippen LogP contribution in [0.5, 0.6) is 0 Å². The number of benzene rings is 1. The Balaban J connectivity index is 2.79. The topological polar surface area (TPSA) is 29.1 Å². The van der Waals surface area contributed by atoms with Crippen molar-refractivity contribution in [3.63, 3.8) is 0 Å². The van der Waals surface area contributed by atoms with Crippen molar-refractivity contribution >= 4 is 17.4 Å². The molecule has 0 amide bonds. The second kappa shape index (κ2) is 5.65. The van der Waals surface area contributed by atoms with Crippen LogP contribution in [0.2, 0.25) is 5.02 Å². The van der Waals surface area contributed by atoms with Gasteiger partial charge in [-0.15, -0.1) is 0 Å². The summed E-state index contributed by atoms with van der Waals surface area (Å²) >= 11 is 5.85. The van der Waals surface area contributed by atoms with Gasteiger partial charge in [0.05, 0.1) is 5.92 Å². The Morgan fingerprint density at radius 1 is 1.29 bits per heavy atom. The summed E-state index contributed by atoms with van der Waals surface area (Å²) in [6.07, 6.45) is 0. The van der Waals surface area contributed by atoms with E-state index in [1.54, 1.807) is 6.92 Å². The van der Waals surface area contributed by atoms with Crippen LogP contribution in [0.4, 0.5) is 0 Å². The van der Waals surface area contributed by atoms with Gasteiger partial charge < -0.3 is 5.32 Å². The number of rotatable bonds is 4. The van der Waals surface area contributed by atoms with Crippen LogP contribution in [0.25, 0.3) is 0 Å². The molecule has 2 nitrogen and oxygen atoms in total. The molecule has 0 aliphatic heterocycles. The van der Waals surface area contributed by atoms with E-state index in [1.807, 2.05) is 24.3 Å². The molecule has 1 atom stereocenters. The second-order valence-electron chi connectivity index (χ2n) is 5.35. The number of hydrogen-bond acceptors (Lipinski definition) is 2. The molecule has 17 heavy (non-hydrogen) atoms. The maximum atomic E-state index is 11.7. The van der Waals surface area contributed by atoms with Crippen molar-refractivity contribution in [1.82, 2.24) is 5.32 Å². The van der Waals surface area contributed by atoms with Gasteiger partial charge in [-0.3, -0.25) is 4.79 Å². The van der Waals surface area contributed by atoms with Crippen LogP contribution >= 0.6 is 11.6 Å². The molecule has 0 radical (unpaired) electrons. The van der Waals surface area contributed by atoms with Crippen LogP contribution in [0, 0.1) is 0 Å². The molecule has 0 unspecified atom stereocenters. The summed E-state index contributed by atoms with van der Waals surface area (Å²) in [7, 11) is 0. The van der Waals surface area contributed by atoms with E-state index in [2.05, 4.69) is 26.1 Å². The molecule has 0 aliphatic carbocycles. The molecule has 0 fully saturated rings. The average molecular weight is 254 g/mol. The Kier molecular flexibility index (Phi) is 4.72. The van der Waals surface area contributed by atoms with Crippen molar-refractivity contribution in [2.24, 2.45) is 0 Å².